The van der Waals surface area contributed by atoms with Crippen molar-refractivity contribution in [3.63, 3.8) is 0 Å². The number of thiazole rings is 1. The van der Waals surface area contributed by atoms with Gasteiger partial charge in [-0.25, -0.2) is 13.4 Å². The second-order valence-electron chi connectivity index (χ2n) is 9.89. The summed E-state index contributed by atoms with van der Waals surface area (Å²) in [5.41, 5.74) is 4.53. The van der Waals surface area contributed by atoms with Crippen molar-refractivity contribution in [1.29, 1.82) is 0 Å². The van der Waals surface area contributed by atoms with Gasteiger partial charge in [0.1, 0.15) is 5.01 Å². The summed E-state index contributed by atoms with van der Waals surface area (Å²) < 4.78 is 33.4. The molecule has 2 heterocycles. The lowest BCUT2D eigenvalue weighted by Gasteiger charge is -2.25. The highest BCUT2D eigenvalue weighted by atomic mass is 32.2. The molecule has 3 aromatic carbocycles. The molecule has 1 N–H and O–H groups in total. The quantitative estimate of drug-likeness (QED) is 0.261. The zero-order valence-corrected chi connectivity index (χ0v) is 23.9. The zero-order chi connectivity index (χ0) is 28.1. The highest BCUT2D eigenvalue weighted by Gasteiger charge is 2.25. The van der Waals surface area contributed by atoms with Gasteiger partial charge >= 0.3 is 5.97 Å². The van der Waals surface area contributed by atoms with Crippen molar-refractivity contribution >= 4 is 49.1 Å². The number of benzene rings is 3. The molecule has 208 valence electrons. The van der Waals surface area contributed by atoms with Crippen LogP contribution in [0.2, 0.25) is 0 Å². The third-order valence-corrected chi connectivity index (χ3v) is 9.80. The molecule has 1 fully saturated rings. The summed E-state index contributed by atoms with van der Waals surface area (Å²) in [7, 11) is -3.48. The Bertz CT molecular complexity index is 1610. The molecule has 4 aromatic rings. The van der Waals surface area contributed by atoms with Crippen molar-refractivity contribution in [2.75, 3.05) is 25.0 Å². The van der Waals surface area contributed by atoms with Gasteiger partial charge in [0, 0.05) is 30.8 Å². The van der Waals surface area contributed by atoms with Crippen molar-refractivity contribution < 1.29 is 22.7 Å². The van der Waals surface area contributed by atoms with Crippen LogP contribution in [0.15, 0.2) is 71.6 Å². The van der Waals surface area contributed by atoms with Gasteiger partial charge in [0.15, 0.2) is 6.61 Å². The summed E-state index contributed by atoms with van der Waals surface area (Å²) in [4.78, 5) is 29.4. The molecule has 1 aliphatic heterocycles. The van der Waals surface area contributed by atoms with E-state index in [1.807, 2.05) is 24.3 Å². The molecule has 0 unspecified atom stereocenters. The molecule has 1 saturated heterocycles. The molecule has 1 amide bonds. The number of hydrogen-bond donors (Lipinski definition) is 1. The van der Waals surface area contributed by atoms with Crippen LogP contribution in [0, 0.1) is 6.92 Å². The fraction of sp³-hybridized carbons (Fsp3) is 0.300. The van der Waals surface area contributed by atoms with E-state index in [2.05, 4.69) is 23.3 Å². The number of aromatic nitrogens is 1. The Morgan fingerprint density at radius 3 is 2.42 bits per heavy atom. The van der Waals surface area contributed by atoms with Gasteiger partial charge in [-0.1, -0.05) is 24.6 Å². The number of fused-ring (bicyclic) bond motifs is 1. The predicted octanol–water partition coefficient (Wildman–Crippen LogP) is 5.56. The van der Waals surface area contributed by atoms with E-state index in [1.165, 1.54) is 9.87 Å². The molecular formula is C30H31N3O5S2. The molecule has 1 aliphatic rings. The van der Waals surface area contributed by atoms with Crippen molar-refractivity contribution in [2.24, 2.45) is 0 Å². The Hall–Kier alpha value is -3.60. The number of piperidine rings is 1. The number of nitrogens with zero attached hydrogens (tertiary/aromatic N) is 2. The third kappa shape index (κ3) is 6.75. The van der Waals surface area contributed by atoms with Crippen molar-refractivity contribution in [1.82, 2.24) is 9.29 Å². The van der Waals surface area contributed by atoms with Gasteiger partial charge < -0.3 is 10.1 Å². The zero-order valence-electron chi connectivity index (χ0n) is 22.3. The number of sulfonamides is 1. The van der Waals surface area contributed by atoms with Crippen LogP contribution < -0.4 is 5.32 Å². The Kier molecular flexibility index (Phi) is 8.58. The van der Waals surface area contributed by atoms with Crippen molar-refractivity contribution in [3.8, 4) is 10.6 Å². The van der Waals surface area contributed by atoms with Gasteiger partial charge in [-0.15, -0.1) is 11.3 Å². The van der Waals surface area contributed by atoms with Crippen LogP contribution in [0.25, 0.3) is 20.8 Å². The molecule has 0 bridgehead atoms. The molecule has 0 radical (unpaired) electrons. The maximum Gasteiger partial charge on any atom is 0.306 e. The maximum atomic E-state index is 12.8. The molecule has 0 aliphatic carbocycles. The molecule has 0 saturated carbocycles. The number of rotatable bonds is 9. The molecule has 10 heteroatoms. The van der Waals surface area contributed by atoms with Gasteiger partial charge in [-0.2, -0.15) is 4.31 Å². The van der Waals surface area contributed by atoms with E-state index in [4.69, 9.17) is 4.74 Å². The normalized spacial score (nSPS) is 14.2. The molecule has 8 nitrogen and oxygen atoms in total. The van der Waals surface area contributed by atoms with Crippen LogP contribution in [0.3, 0.4) is 0 Å². The molecule has 0 spiro atoms. The minimum atomic E-state index is -3.48. The molecule has 40 heavy (non-hydrogen) atoms. The summed E-state index contributed by atoms with van der Waals surface area (Å²) in [5.74, 6) is -0.926. The van der Waals surface area contributed by atoms with Crippen LogP contribution in [0.5, 0.6) is 0 Å². The van der Waals surface area contributed by atoms with Crippen LogP contribution in [0.1, 0.15) is 36.8 Å². The Balaban J connectivity index is 1.07. The van der Waals surface area contributed by atoms with Crippen LogP contribution in [-0.2, 0) is 30.8 Å². The number of anilines is 1. The van der Waals surface area contributed by atoms with Crippen LogP contribution in [0.4, 0.5) is 5.69 Å². The Morgan fingerprint density at radius 1 is 0.975 bits per heavy atom. The topological polar surface area (TPSA) is 106 Å². The standard InChI is InChI=1S/C30H31N3O5S2/c1-21-5-15-26-27(19-21)39-30(32-26)23-9-11-24(12-10-23)31-28(34)20-38-29(35)16-8-22-6-13-25(14-7-22)40(36,37)33-17-3-2-4-18-33/h5-7,9-15,19H,2-4,8,16-18,20H2,1H3,(H,31,34). The van der Waals surface area contributed by atoms with E-state index < -0.39 is 21.9 Å². The highest BCUT2D eigenvalue weighted by molar-refractivity contribution is 7.89. The van der Waals surface area contributed by atoms with Gasteiger partial charge in [0.25, 0.3) is 5.91 Å². The van der Waals surface area contributed by atoms with E-state index in [0.717, 1.165) is 45.6 Å². The van der Waals surface area contributed by atoms with Crippen LogP contribution >= 0.6 is 11.3 Å². The first-order chi connectivity index (χ1) is 19.3. The van der Waals surface area contributed by atoms with E-state index in [-0.39, 0.29) is 17.9 Å². The van der Waals surface area contributed by atoms with E-state index in [0.29, 0.717) is 25.2 Å². The highest BCUT2D eigenvalue weighted by Crippen LogP contribution is 2.31. The van der Waals surface area contributed by atoms with Gasteiger partial charge in [0.05, 0.1) is 15.1 Å². The number of carbonyl (C=O) groups is 2. The van der Waals surface area contributed by atoms with E-state index in [9.17, 15) is 18.0 Å². The second-order valence-corrected chi connectivity index (χ2v) is 12.9. The predicted molar refractivity (Wildman–Crippen MR) is 157 cm³/mol. The van der Waals surface area contributed by atoms with E-state index >= 15 is 0 Å². The number of amides is 1. The summed E-state index contributed by atoms with van der Waals surface area (Å²) in [5, 5.41) is 3.65. The summed E-state index contributed by atoms with van der Waals surface area (Å²) >= 11 is 1.62. The summed E-state index contributed by atoms with van der Waals surface area (Å²) in [6, 6.07) is 20.2. The fourth-order valence-corrected chi connectivity index (χ4v) is 7.18. The minimum absolute atomic E-state index is 0.0852. The molecule has 1 aromatic heterocycles. The number of esters is 1. The number of carbonyl (C=O) groups excluding carboxylic acids is 2. The summed E-state index contributed by atoms with van der Waals surface area (Å²) in [6.07, 6.45) is 3.30. The second kappa shape index (κ2) is 12.3. The lowest BCUT2D eigenvalue weighted by molar-refractivity contribution is -0.147. The maximum absolute atomic E-state index is 12.8. The number of nitrogens with one attached hydrogen (secondary N) is 1. The number of ether oxygens (including phenoxy) is 1. The van der Waals surface area contributed by atoms with Crippen LogP contribution in [-0.4, -0.2) is 49.3 Å². The summed E-state index contributed by atoms with van der Waals surface area (Å²) in [6.45, 7) is 2.78. The third-order valence-electron chi connectivity index (χ3n) is 6.82. The van der Waals surface area contributed by atoms with Crippen molar-refractivity contribution in [2.45, 2.75) is 43.9 Å². The average Bonchev–Trinajstić information content (AvgIpc) is 3.39. The minimum Gasteiger partial charge on any atom is -0.456 e. The lowest BCUT2D eigenvalue weighted by Crippen LogP contribution is -2.35. The van der Waals surface area contributed by atoms with Gasteiger partial charge in [-0.05, 0) is 85.8 Å². The number of aryl methyl sites for hydroxylation is 2. The Labute approximate surface area is 238 Å². The molecule has 0 atom stereocenters. The largest absolute Gasteiger partial charge is 0.456 e. The van der Waals surface area contributed by atoms with E-state index in [1.54, 1.807) is 47.7 Å². The fourth-order valence-electron chi connectivity index (χ4n) is 4.60. The first-order valence-corrected chi connectivity index (χ1v) is 15.6. The molecular weight excluding hydrogens is 546 g/mol. The number of hydrogen-bond acceptors (Lipinski definition) is 7. The van der Waals surface area contributed by atoms with Gasteiger partial charge in [-0.3, -0.25) is 9.59 Å². The molecule has 5 rings (SSSR count). The first kappa shape index (κ1) is 27.9. The SMILES string of the molecule is Cc1ccc2nc(-c3ccc(NC(=O)COC(=O)CCc4ccc(S(=O)(=O)N5CCCCC5)cc4)cc3)sc2c1. The van der Waals surface area contributed by atoms with Crippen molar-refractivity contribution in [3.05, 3.63) is 77.9 Å². The average molecular weight is 578 g/mol. The van der Waals surface area contributed by atoms with Gasteiger partial charge in [0.2, 0.25) is 10.0 Å². The Morgan fingerprint density at radius 2 is 1.70 bits per heavy atom. The lowest BCUT2D eigenvalue weighted by atomic mass is 10.1. The monoisotopic (exact) mass is 577 g/mol. The smallest absolute Gasteiger partial charge is 0.306 e. The first-order valence-electron chi connectivity index (χ1n) is 13.3.